The number of nitrogens with one attached hydrogen (secondary N) is 1. The van der Waals surface area contributed by atoms with Gasteiger partial charge in [0.25, 0.3) is 0 Å². The zero-order valence-electron chi connectivity index (χ0n) is 11.3. The Bertz CT molecular complexity index is 652. The summed E-state index contributed by atoms with van der Waals surface area (Å²) in [5, 5.41) is 5.19. The smallest absolute Gasteiger partial charge is 0.135 e. The number of hydrazone groups is 1. The fourth-order valence-corrected chi connectivity index (χ4v) is 2.59. The Morgan fingerprint density at radius 2 is 1.90 bits per heavy atom. The SMILES string of the molecule is Cc1ccccc1N1CNN=C1Cc1ccccc1Cl. The highest BCUT2D eigenvalue weighted by Crippen LogP contribution is 2.23. The lowest BCUT2D eigenvalue weighted by atomic mass is 10.1. The van der Waals surface area contributed by atoms with Crippen LogP contribution in [0.3, 0.4) is 0 Å². The Kier molecular flexibility index (Phi) is 3.61. The predicted octanol–water partition coefficient (Wildman–Crippen LogP) is 3.57. The number of benzene rings is 2. The van der Waals surface area contributed by atoms with Crippen LogP contribution in [0.15, 0.2) is 53.6 Å². The molecule has 2 aromatic rings. The van der Waals surface area contributed by atoms with Gasteiger partial charge in [-0.05, 0) is 30.2 Å². The van der Waals surface area contributed by atoms with Gasteiger partial charge >= 0.3 is 0 Å². The standard InChI is InChI=1S/C16H16ClN3/c1-12-6-2-5-9-15(12)20-11-18-19-16(20)10-13-7-3-4-8-14(13)17/h2-9,18H,10-11H2,1H3. The first kappa shape index (κ1) is 13.0. The van der Waals surface area contributed by atoms with Gasteiger partial charge in [-0.15, -0.1) is 0 Å². The van der Waals surface area contributed by atoms with Crippen LogP contribution >= 0.6 is 11.6 Å². The number of rotatable bonds is 3. The molecule has 102 valence electrons. The van der Waals surface area contributed by atoms with E-state index in [9.17, 15) is 0 Å². The maximum absolute atomic E-state index is 6.23. The van der Waals surface area contributed by atoms with E-state index in [1.807, 2.05) is 36.4 Å². The van der Waals surface area contributed by atoms with Crippen LogP contribution in [0, 0.1) is 6.92 Å². The van der Waals surface area contributed by atoms with Crippen LogP contribution in [-0.2, 0) is 6.42 Å². The molecule has 0 spiro atoms. The number of para-hydroxylation sites is 1. The van der Waals surface area contributed by atoms with Gasteiger partial charge in [-0.2, -0.15) is 5.10 Å². The van der Waals surface area contributed by atoms with Gasteiger partial charge in [0, 0.05) is 17.1 Å². The van der Waals surface area contributed by atoms with Crippen molar-refractivity contribution < 1.29 is 0 Å². The van der Waals surface area contributed by atoms with Gasteiger partial charge in [0.2, 0.25) is 0 Å². The van der Waals surface area contributed by atoms with Crippen LogP contribution in [0.25, 0.3) is 0 Å². The molecule has 1 N–H and O–H groups in total. The third-order valence-corrected chi connectivity index (χ3v) is 3.83. The average Bonchev–Trinajstić information content (AvgIpc) is 2.90. The molecular formula is C16H16ClN3. The highest BCUT2D eigenvalue weighted by Gasteiger charge is 2.20. The highest BCUT2D eigenvalue weighted by atomic mass is 35.5. The van der Waals surface area contributed by atoms with Crippen molar-refractivity contribution in [2.45, 2.75) is 13.3 Å². The molecule has 1 heterocycles. The Morgan fingerprint density at radius 3 is 2.70 bits per heavy atom. The minimum atomic E-state index is 0.699. The van der Waals surface area contributed by atoms with Crippen molar-refractivity contribution >= 4 is 23.1 Å². The molecule has 1 aliphatic rings. The number of amidine groups is 1. The summed E-state index contributed by atoms with van der Waals surface area (Å²) in [6.07, 6.45) is 0.723. The van der Waals surface area contributed by atoms with Crippen molar-refractivity contribution in [1.82, 2.24) is 5.43 Å². The molecule has 0 unspecified atom stereocenters. The zero-order chi connectivity index (χ0) is 13.9. The molecule has 4 heteroatoms. The third kappa shape index (κ3) is 2.49. The first-order chi connectivity index (χ1) is 9.75. The summed E-state index contributed by atoms with van der Waals surface area (Å²) in [6, 6.07) is 16.2. The lowest BCUT2D eigenvalue weighted by Gasteiger charge is -2.21. The molecule has 0 bridgehead atoms. The van der Waals surface area contributed by atoms with Crippen molar-refractivity contribution in [1.29, 1.82) is 0 Å². The monoisotopic (exact) mass is 285 g/mol. The fraction of sp³-hybridized carbons (Fsp3) is 0.188. The largest absolute Gasteiger partial charge is 0.308 e. The van der Waals surface area contributed by atoms with Crippen molar-refractivity contribution in [2.24, 2.45) is 5.10 Å². The van der Waals surface area contributed by atoms with E-state index in [0.717, 1.165) is 22.8 Å². The van der Waals surface area contributed by atoms with Crippen LogP contribution in [-0.4, -0.2) is 12.5 Å². The number of aryl methyl sites for hydroxylation is 1. The van der Waals surface area contributed by atoms with Crippen molar-refractivity contribution in [3.63, 3.8) is 0 Å². The molecule has 0 fully saturated rings. The fourth-order valence-electron chi connectivity index (χ4n) is 2.39. The number of hydrogen-bond donors (Lipinski definition) is 1. The molecule has 0 aromatic heterocycles. The molecule has 20 heavy (non-hydrogen) atoms. The van der Waals surface area contributed by atoms with E-state index in [-0.39, 0.29) is 0 Å². The molecule has 0 saturated heterocycles. The lowest BCUT2D eigenvalue weighted by Crippen LogP contribution is -2.31. The van der Waals surface area contributed by atoms with E-state index in [4.69, 9.17) is 11.6 Å². The molecule has 0 amide bonds. The first-order valence-corrected chi connectivity index (χ1v) is 6.99. The third-order valence-electron chi connectivity index (χ3n) is 3.46. The molecule has 2 aromatic carbocycles. The first-order valence-electron chi connectivity index (χ1n) is 6.61. The van der Waals surface area contributed by atoms with E-state index in [1.54, 1.807) is 0 Å². The Labute approximate surface area is 123 Å². The summed E-state index contributed by atoms with van der Waals surface area (Å²) >= 11 is 6.23. The number of halogens is 1. The van der Waals surface area contributed by atoms with Gasteiger partial charge in [-0.25, -0.2) is 0 Å². The normalized spacial score (nSPS) is 14.1. The molecular weight excluding hydrogens is 270 g/mol. The second-order valence-electron chi connectivity index (χ2n) is 4.83. The Morgan fingerprint density at radius 1 is 1.15 bits per heavy atom. The molecule has 0 atom stereocenters. The lowest BCUT2D eigenvalue weighted by molar-refractivity contribution is 0.806. The molecule has 0 radical (unpaired) electrons. The summed E-state index contributed by atoms with van der Waals surface area (Å²) in [6.45, 7) is 2.81. The molecule has 1 aliphatic heterocycles. The van der Waals surface area contributed by atoms with Crippen LogP contribution in [0.5, 0.6) is 0 Å². The second kappa shape index (κ2) is 5.55. The quantitative estimate of drug-likeness (QED) is 0.933. The minimum Gasteiger partial charge on any atom is -0.308 e. The topological polar surface area (TPSA) is 27.6 Å². The maximum Gasteiger partial charge on any atom is 0.135 e. The Hall–Kier alpha value is -2.00. The van der Waals surface area contributed by atoms with Gasteiger partial charge in [0.1, 0.15) is 12.5 Å². The van der Waals surface area contributed by atoms with E-state index < -0.39 is 0 Å². The molecule has 3 rings (SSSR count). The van der Waals surface area contributed by atoms with Gasteiger partial charge < -0.3 is 4.90 Å². The number of hydrogen-bond acceptors (Lipinski definition) is 3. The highest BCUT2D eigenvalue weighted by molar-refractivity contribution is 6.31. The number of anilines is 1. The number of nitrogens with zero attached hydrogens (tertiary/aromatic N) is 2. The maximum atomic E-state index is 6.23. The van der Waals surface area contributed by atoms with Crippen molar-refractivity contribution in [3.05, 3.63) is 64.7 Å². The van der Waals surface area contributed by atoms with Crippen molar-refractivity contribution in [3.8, 4) is 0 Å². The summed E-state index contributed by atoms with van der Waals surface area (Å²) in [4.78, 5) is 2.19. The summed E-state index contributed by atoms with van der Waals surface area (Å²) in [5.41, 5.74) is 6.57. The summed E-state index contributed by atoms with van der Waals surface area (Å²) in [5.74, 6) is 0.993. The van der Waals surface area contributed by atoms with Crippen LogP contribution in [0.2, 0.25) is 5.02 Å². The second-order valence-corrected chi connectivity index (χ2v) is 5.23. The van der Waals surface area contributed by atoms with E-state index in [2.05, 4.69) is 34.5 Å². The average molecular weight is 286 g/mol. The molecule has 3 nitrogen and oxygen atoms in total. The van der Waals surface area contributed by atoms with Crippen LogP contribution in [0.4, 0.5) is 5.69 Å². The Balaban J connectivity index is 1.87. The van der Waals surface area contributed by atoms with E-state index in [1.165, 1.54) is 11.3 Å². The van der Waals surface area contributed by atoms with Crippen LogP contribution < -0.4 is 10.3 Å². The van der Waals surface area contributed by atoms with Crippen LogP contribution in [0.1, 0.15) is 11.1 Å². The van der Waals surface area contributed by atoms with Crippen molar-refractivity contribution in [2.75, 3.05) is 11.6 Å². The van der Waals surface area contributed by atoms with Gasteiger partial charge in [-0.1, -0.05) is 48.0 Å². The molecule has 0 saturated carbocycles. The van der Waals surface area contributed by atoms with Gasteiger partial charge in [0.05, 0.1) is 0 Å². The van der Waals surface area contributed by atoms with E-state index in [0.29, 0.717) is 6.67 Å². The molecule has 0 aliphatic carbocycles. The van der Waals surface area contributed by atoms with Gasteiger partial charge in [-0.3, -0.25) is 5.43 Å². The van der Waals surface area contributed by atoms with E-state index >= 15 is 0 Å². The summed E-state index contributed by atoms with van der Waals surface area (Å²) in [7, 11) is 0. The van der Waals surface area contributed by atoms with Gasteiger partial charge in [0.15, 0.2) is 0 Å². The predicted molar refractivity (Wildman–Crippen MR) is 84.3 cm³/mol. The minimum absolute atomic E-state index is 0.699. The summed E-state index contributed by atoms with van der Waals surface area (Å²) < 4.78 is 0. The zero-order valence-corrected chi connectivity index (χ0v) is 12.1.